The summed E-state index contributed by atoms with van der Waals surface area (Å²) in [6, 6.07) is 4.33. The van der Waals surface area contributed by atoms with Crippen LogP contribution in [0.25, 0.3) is 0 Å². The van der Waals surface area contributed by atoms with Crippen molar-refractivity contribution in [2.45, 2.75) is 67.2 Å². The first-order valence-corrected chi connectivity index (χ1v) is 10.7. The second-order valence-corrected chi connectivity index (χ2v) is 8.63. The number of pyridine rings is 1. The third kappa shape index (κ3) is 3.70. The lowest BCUT2D eigenvalue weighted by molar-refractivity contribution is 0.0340. The van der Waals surface area contributed by atoms with E-state index in [9.17, 15) is 10.4 Å². The van der Waals surface area contributed by atoms with Gasteiger partial charge in [-0.1, -0.05) is 12.8 Å². The van der Waals surface area contributed by atoms with Crippen molar-refractivity contribution in [1.82, 2.24) is 4.98 Å². The Bertz CT molecular complexity index is 614. The molecule has 0 unspecified atom stereocenters. The number of rotatable bonds is 4. The summed E-state index contributed by atoms with van der Waals surface area (Å²) in [6.45, 7) is 0. The van der Waals surface area contributed by atoms with E-state index in [0.29, 0.717) is 16.6 Å². The molecule has 5 heteroatoms. The number of nitrogens with zero attached hydrogens (tertiary/aromatic N) is 2. The molecular formula is C18H24N2OS2. The summed E-state index contributed by atoms with van der Waals surface area (Å²) in [5.74, 6) is 0.638. The van der Waals surface area contributed by atoms with Crippen molar-refractivity contribution in [2.75, 3.05) is 12.0 Å². The van der Waals surface area contributed by atoms with E-state index < -0.39 is 5.60 Å². The minimum Gasteiger partial charge on any atom is -0.388 e. The van der Waals surface area contributed by atoms with E-state index in [1.165, 1.54) is 24.8 Å². The summed E-state index contributed by atoms with van der Waals surface area (Å²) in [5.41, 5.74) is 2.45. The molecule has 124 valence electrons. The van der Waals surface area contributed by atoms with Gasteiger partial charge >= 0.3 is 0 Å². The summed E-state index contributed by atoms with van der Waals surface area (Å²) in [7, 11) is 0. The van der Waals surface area contributed by atoms with Crippen LogP contribution in [0.15, 0.2) is 11.1 Å². The lowest BCUT2D eigenvalue weighted by Crippen LogP contribution is -2.45. The average Bonchev–Trinajstić information content (AvgIpc) is 2.59. The molecule has 3 nitrogen and oxygen atoms in total. The van der Waals surface area contributed by atoms with Gasteiger partial charge < -0.3 is 5.11 Å². The Kier molecular flexibility index (Phi) is 5.56. The Labute approximate surface area is 147 Å². The first-order chi connectivity index (χ1) is 11.2. The third-order valence-electron chi connectivity index (χ3n) is 5.05. The molecule has 0 saturated heterocycles. The van der Waals surface area contributed by atoms with Crippen LogP contribution in [-0.2, 0) is 12.8 Å². The van der Waals surface area contributed by atoms with Gasteiger partial charge in [-0.3, -0.25) is 0 Å². The minimum absolute atomic E-state index is 0.298. The number of aliphatic hydroxyl groups is 1. The minimum atomic E-state index is -0.632. The van der Waals surface area contributed by atoms with Gasteiger partial charge in [-0.25, -0.2) is 4.98 Å². The van der Waals surface area contributed by atoms with Crippen LogP contribution in [0.2, 0.25) is 0 Å². The maximum absolute atomic E-state index is 11.0. The van der Waals surface area contributed by atoms with E-state index in [4.69, 9.17) is 4.98 Å². The normalized spacial score (nSPS) is 27.3. The second kappa shape index (κ2) is 7.46. The van der Waals surface area contributed by atoms with Gasteiger partial charge in [0, 0.05) is 16.7 Å². The van der Waals surface area contributed by atoms with E-state index in [1.807, 2.05) is 6.07 Å². The molecule has 1 aromatic rings. The van der Waals surface area contributed by atoms with Crippen LogP contribution < -0.4 is 0 Å². The summed E-state index contributed by atoms with van der Waals surface area (Å²) in [4.78, 5) is 4.77. The van der Waals surface area contributed by atoms with Crippen LogP contribution in [0.5, 0.6) is 0 Å². The molecule has 0 amide bonds. The topological polar surface area (TPSA) is 56.9 Å². The molecule has 1 aromatic heterocycles. The van der Waals surface area contributed by atoms with Gasteiger partial charge in [0.1, 0.15) is 11.1 Å². The standard InChI is InChI=1S/C18H24N2OS2/c1-22-16-8-4-5-9-18(16,21)12-23-17-14(11-19)10-13-6-2-3-7-15(13)20-17/h10,16,21H,2-9,12H2,1H3/t16-,18+/m0/s1. The highest BCUT2D eigenvalue weighted by Gasteiger charge is 2.38. The van der Waals surface area contributed by atoms with Crippen LogP contribution in [0, 0.1) is 11.3 Å². The Balaban J connectivity index is 1.78. The maximum atomic E-state index is 11.0. The molecule has 1 N–H and O–H groups in total. The highest BCUT2D eigenvalue weighted by atomic mass is 32.2. The first kappa shape index (κ1) is 17.1. The molecule has 3 rings (SSSR count). The fraction of sp³-hybridized carbons (Fsp3) is 0.667. The van der Waals surface area contributed by atoms with Crippen LogP contribution in [-0.4, -0.2) is 33.0 Å². The van der Waals surface area contributed by atoms with Gasteiger partial charge in [-0.05, 0) is 56.4 Å². The van der Waals surface area contributed by atoms with Crippen LogP contribution in [0.1, 0.15) is 55.3 Å². The molecule has 0 aliphatic heterocycles. The monoisotopic (exact) mass is 348 g/mol. The largest absolute Gasteiger partial charge is 0.388 e. The highest BCUT2D eigenvalue weighted by molar-refractivity contribution is 8.00. The van der Waals surface area contributed by atoms with Gasteiger partial charge in [0.05, 0.1) is 11.2 Å². The summed E-state index contributed by atoms with van der Waals surface area (Å²) >= 11 is 3.34. The predicted molar refractivity (Wildman–Crippen MR) is 97.0 cm³/mol. The van der Waals surface area contributed by atoms with Crippen LogP contribution in [0.4, 0.5) is 0 Å². The van der Waals surface area contributed by atoms with E-state index in [2.05, 4.69) is 12.3 Å². The zero-order valence-electron chi connectivity index (χ0n) is 13.7. The van der Waals surface area contributed by atoms with E-state index in [-0.39, 0.29) is 0 Å². The fourth-order valence-corrected chi connectivity index (χ4v) is 6.01. The molecule has 1 heterocycles. The van der Waals surface area contributed by atoms with Crippen molar-refractivity contribution >= 4 is 23.5 Å². The quantitative estimate of drug-likeness (QED) is 0.835. The molecule has 23 heavy (non-hydrogen) atoms. The molecule has 0 spiro atoms. The molecule has 0 aromatic carbocycles. The first-order valence-electron chi connectivity index (χ1n) is 8.47. The van der Waals surface area contributed by atoms with Crippen LogP contribution in [0.3, 0.4) is 0 Å². The summed E-state index contributed by atoms with van der Waals surface area (Å²) in [5, 5.41) is 21.6. The third-order valence-corrected chi connectivity index (χ3v) is 7.53. The smallest absolute Gasteiger partial charge is 0.114 e. The maximum Gasteiger partial charge on any atom is 0.114 e. The summed E-state index contributed by atoms with van der Waals surface area (Å²) < 4.78 is 0. The van der Waals surface area contributed by atoms with Gasteiger partial charge in [0.15, 0.2) is 0 Å². The van der Waals surface area contributed by atoms with Crippen molar-refractivity contribution < 1.29 is 5.11 Å². The molecule has 0 radical (unpaired) electrons. The lowest BCUT2D eigenvalue weighted by atomic mass is 9.86. The van der Waals surface area contributed by atoms with Gasteiger partial charge in [-0.15, -0.1) is 11.8 Å². The average molecular weight is 349 g/mol. The predicted octanol–water partition coefficient (Wildman–Crippen LogP) is 3.96. The zero-order chi connectivity index (χ0) is 16.3. The van der Waals surface area contributed by atoms with Crippen molar-refractivity contribution in [3.63, 3.8) is 0 Å². The van der Waals surface area contributed by atoms with Crippen molar-refractivity contribution in [1.29, 1.82) is 5.26 Å². The number of aryl methyl sites for hydroxylation is 2. The molecule has 1 fully saturated rings. The molecule has 2 aliphatic rings. The molecule has 2 aliphatic carbocycles. The van der Waals surface area contributed by atoms with Crippen molar-refractivity contribution in [3.8, 4) is 6.07 Å². The van der Waals surface area contributed by atoms with Crippen molar-refractivity contribution in [3.05, 3.63) is 22.9 Å². The second-order valence-electron chi connectivity index (χ2n) is 6.63. The molecule has 0 bridgehead atoms. The molecular weight excluding hydrogens is 324 g/mol. The van der Waals surface area contributed by atoms with E-state index >= 15 is 0 Å². The SMILES string of the molecule is CS[C@H]1CCCC[C@@]1(O)CSc1nc2c(cc1C#N)CCCC2. The van der Waals surface area contributed by atoms with Gasteiger partial charge in [-0.2, -0.15) is 17.0 Å². The lowest BCUT2D eigenvalue weighted by Gasteiger charge is -2.38. The van der Waals surface area contributed by atoms with E-state index in [1.54, 1.807) is 23.5 Å². The molecule has 1 saturated carbocycles. The fourth-order valence-electron chi connectivity index (χ4n) is 3.69. The Morgan fingerprint density at radius 1 is 1.35 bits per heavy atom. The number of hydrogen-bond acceptors (Lipinski definition) is 5. The number of nitriles is 1. The Morgan fingerprint density at radius 3 is 2.96 bits per heavy atom. The Hall–Kier alpha value is -0.700. The highest BCUT2D eigenvalue weighted by Crippen LogP contribution is 2.39. The summed E-state index contributed by atoms with van der Waals surface area (Å²) in [6.07, 6.45) is 10.8. The van der Waals surface area contributed by atoms with Crippen LogP contribution >= 0.6 is 23.5 Å². The number of fused-ring (bicyclic) bond motifs is 1. The van der Waals surface area contributed by atoms with Crippen molar-refractivity contribution in [2.24, 2.45) is 0 Å². The molecule has 2 atom stereocenters. The van der Waals surface area contributed by atoms with Gasteiger partial charge in [0.25, 0.3) is 0 Å². The number of aromatic nitrogens is 1. The Morgan fingerprint density at radius 2 is 2.17 bits per heavy atom. The number of thioether (sulfide) groups is 2. The zero-order valence-corrected chi connectivity index (χ0v) is 15.3. The number of hydrogen-bond donors (Lipinski definition) is 1. The van der Waals surface area contributed by atoms with Gasteiger partial charge in [0.2, 0.25) is 0 Å². The van der Waals surface area contributed by atoms with E-state index in [0.717, 1.165) is 42.8 Å².